The fraction of sp³-hybridized carbons (Fsp3) is 0.617. The second-order valence-electron chi connectivity index (χ2n) is 15.4. The Kier molecular flexibility index (Phi) is 29.9. The van der Waals surface area contributed by atoms with Gasteiger partial charge >= 0.3 is 5.97 Å². The fourth-order valence-corrected chi connectivity index (χ4v) is 5.16. The average Bonchev–Trinajstić information content (AvgIpc) is 3.94. The molecule has 0 aromatic heterocycles. The maximum atomic E-state index is 12.2. The molecule has 2 aromatic carbocycles. The molecule has 1 fully saturated rings. The van der Waals surface area contributed by atoms with Crippen molar-refractivity contribution < 1.29 is 23.8 Å². The van der Waals surface area contributed by atoms with Crippen molar-refractivity contribution in [2.24, 2.45) is 29.1 Å². The zero-order valence-electron chi connectivity index (χ0n) is 35.6. The van der Waals surface area contributed by atoms with Crippen LogP contribution < -0.4 is 0 Å². The number of allylic oxidation sites excluding steroid dienone is 2. The number of hydrogen-bond donors (Lipinski definition) is 0. The van der Waals surface area contributed by atoms with Crippen molar-refractivity contribution in [1.82, 2.24) is 0 Å². The maximum Gasteiger partial charge on any atom is 0.309 e. The van der Waals surface area contributed by atoms with Crippen LogP contribution in [0.4, 0.5) is 0 Å². The number of benzene rings is 2. The lowest BCUT2D eigenvalue weighted by Crippen LogP contribution is -2.24. The molecule has 0 bridgehead atoms. The minimum atomic E-state index is -0.0563. The van der Waals surface area contributed by atoms with E-state index in [4.69, 9.17) is 14.2 Å². The van der Waals surface area contributed by atoms with Crippen molar-refractivity contribution >= 4 is 11.8 Å². The summed E-state index contributed by atoms with van der Waals surface area (Å²) in [7, 11) is 0. The zero-order chi connectivity index (χ0) is 40.1. The van der Waals surface area contributed by atoms with Crippen molar-refractivity contribution in [3.8, 4) is 0 Å². The fourth-order valence-electron chi connectivity index (χ4n) is 5.16. The van der Waals surface area contributed by atoms with Crippen LogP contribution in [0.25, 0.3) is 0 Å². The highest BCUT2D eigenvalue weighted by atomic mass is 16.6. The summed E-state index contributed by atoms with van der Waals surface area (Å²) in [4.78, 5) is 22.2. The van der Waals surface area contributed by atoms with Crippen molar-refractivity contribution in [2.45, 2.75) is 147 Å². The molecule has 4 atom stereocenters. The molecule has 296 valence electrons. The van der Waals surface area contributed by atoms with Gasteiger partial charge in [-0.05, 0) is 72.0 Å². The summed E-state index contributed by atoms with van der Waals surface area (Å²) in [5, 5.41) is 0. The summed E-state index contributed by atoms with van der Waals surface area (Å²) in [6.45, 7) is 37.2. The van der Waals surface area contributed by atoms with Gasteiger partial charge in [-0.2, -0.15) is 0 Å². The number of carbonyl (C=O) groups excluding carboxylic acids is 2. The Morgan fingerprint density at radius 1 is 0.865 bits per heavy atom. The molecule has 0 saturated carbocycles. The minimum absolute atomic E-state index is 0.0127. The molecule has 5 nitrogen and oxygen atoms in total. The standard InChI is InChI=1S/C19H30O2.C17H26O2.C5H10O.C4H6.C2H6/c1-14(2)18(10-19(3,4)5)16-8-6-15(7-9-16)11-20-12-17-13-21-17;1-5-14(4)11-16(13(2)3)17(18)19-12-15-9-7-6-8-10-15;1-3-4-5(2)6;1-3-4-2;1-2/h6-9,14,17-18H,10-13H2,1-5H3;6-10,13-14,16H,5,11-12H2,1-4H3;3-4H2,1-2H3;3-4H,1-2H2;1-2H3. The molecule has 0 N–H and O–H groups in total. The lowest BCUT2D eigenvalue weighted by atomic mass is 9.76. The number of Topliss-reactive ketones (excluding diaryl/α,β-unsaturated/α-hetero) is 1. The van der Waals surface area contributed by atoms with Gasteiger partial charge in [-0.1, -0.05) is 169 Å². The molecule has 0 spiro atoms. The highest BCUT2D eigenvalue weighted by molar-refractivity contribution is 5.75. The molecular formula is C47H78O5. The smallest absolute Gasteiger partial charge is 0.309 e. The molecule has 1 heterocycles. The van der Waals surface area contributed by atoms with Gasteiger partial charge in [0.15, 0.2) is 0 Å². The largest absolute Gasteiger partial charge is 0.461 e. The van der Waals surface area contributed by atoms with E-state index in [0.717, 1.165) is 44.5 Å². The third kappa shape index (κ3) is 27.6. The first-order chi connectivity index (χ1) is 24.6. The maximum absolute atomic E-state index is 12.2. The lowest BCUT2D eigenvalue weighted by molar-refractivity contribution is -0.152. The Balaban J connectivity index is 0. The summed E-state index contributed by atoms with van der Waals surface area (Å²) in [5.74, 6) is 2.43. The predicted octanol–water partition coefficient (Wildman–Crippen LogP) is 13.0. The van der Waals surface area contributed by atoms with E-state index in [0.29, 0.717) is 48.4 Å². The summed E-state index contributed by atoms with van der Waals surface area (Å²) < 4.78 is 16.2. The van der Waals surface area contributed by atoms with Crippen molar-refractivity contribution in [2.75, 3.05) is 13.2 Å². The number of ether oxygens (including phenoxy) is 3. The number of hydrogen-bond acceptors (Lipinski definition) is 5. The van der Waals surface area contributed by atoms with E-state index in [1.54, 1.807) is 19.1 Å². The van der Waals surface area contributed by atoms with E-state index in [1.165, 1.54) is 17.5 Å². The third-order valence-electron chi connectivity index (χ3n) is 8.47. The molecule has 5 heteroatoms. The number of rotatable bonds is 17. The normalized spacial score (nSPS) is 14.6. The summed E-state index contributed by atoms with van der Waals surface area (Å²) in [6.07, 6.45) is 8.59. The molecule has 52 heavy (non-hydrogen) atoms. The number of ketones is 1. The van der Waals surface area contributed by atoms with Crippen LogP contribution in [0.15, 0.2) is 79.9 Å². The van der Waals surface area contributed by atoms with Crippen LogP contribution in [-0.2, 0) is 37.0 Å². The molecule has 1 aliphatic heterocycles. The molecule has 0 aliphatic carbocycles. The van der Waals surface area contributed by atoms with E-state index in [1.807, 2.05) is 51.1 Å². The van der Waals surface area contributed by atoms with Crippen LogP contribution in [0.2, 0.25) is 0 Å². The Bertz CT molecular complexity index is 1170. The first-order valence-corrected chi connectivity index (χ1v) is 19.8. The first-order valence-electron chi connectivity index (χ1n) is 19.8. The van der Waals surface area contributed by atoms with Crippen LogP contribution in [0, 0.1) is 29.1 Å². The summed E-state index contributed by atoms with van der Waals surface area (Å²) >= 11 is 0. The quantitative estimate of drug-likeness (QED) is 0.0924. The Morgan fingerprint density at radius 3 is 1.79 bits per heavy atom. The van der Waals surface area contributed by atoms with Crippen molar-refractivity contribution in [3.63, 3.8) is 0 Å². The van der Waals surface area contributed by atoms with E-state index in [9.17, 15) is 9.59 Å². The summed E-state index contributed by atoms with van der Waals surface area (Å²) in [5.41, 5.74) is 4.11. The number of epoxide rings is 1. The topological polar surface area (TPSA) is 65.1 Å². The molecule has 2 aromatic rings. The molecular weight excluding hydrogens is 645 g/mol. The van der Waals surface area contributed by atoms with Gasteiger partial charge in [0, 0.05) is 6.42 Å². The molecule has 1 aliphatic rings. The molecule has 1 saturated heterocycles. The average molecular weight is 723 g/mol. The number of carbonyl (C=O) groups is 2. The van der Waals surface area contributed by atoms with Crippen LogP contribution in [-0.4, -0.2) is 31.1 Å². The molecule has 0 amide bonds. The van der Waals surface area contributed by atoms with Gasteiger partial charge in [-0.15, -0.1) is 0 Å². The zero-order valence-corrected chi connectivity index (χ0v) is 35.6. The van der Waals surface area contributed by atoms with Gasteiger partial charge in [0.1, 0.15) is 18.5 Å². The minimum Gasteiger partial charge on any atom is -0.461 e. The van der Waals surface area contributed by atoms with Crippen molar-refractivity contribution in [1.29, 1.82) is 0 Å². The highest BCUT2D eigenvalue weighted by Gasteiger charge is 2.26. The van der Waals surface area contributed by atoms with Gasteiger partial charge in [0.25, 0.3) is 0 Å². The Hall–Kier alpha value is -3.02. The molecule has 3 rings (SSSR count). The summed E-state index contributed by atoms with van der Waals surface area (Å²) in [6, 6.07) is 18.8. The number of esters is 1. The lowest BCUT2D eigenvalue weighted by Gasteiger charge is -2.29. The second-order valence-corrected chi connectivity index (χ2v) is 15.4. The highest BCUT2D eigenvalue weighted by Crippen LogP contribution is 2.36. The van der Waals surface area contributed by atoms with Gasteiger partial charge in [0.2, 0.25) is 0 Å². The third-order valence-corrected chi connectivity index (χ3v) is 8.47. The van der Waals surface area contributed by atoms with Crippen LogP contribution in [0.1, 0.15) is 145 Å². The van der Waals surface area contributed by atoms with Gasteiger partial charge in [0.05, 0.1) is 25.7 Å². The first kappa shape index (κ1) is 51.1. The van der Waals surface area contributed by atoms with E-state index in [2.05, 4.69) is 99.7 Å². The predicted molar refractivity (Wildman–Crippen MR) is 223 cm³/mol. The van der Waals surface area contributed by atoms with Gasteiger partial charge < -0.3 is 19.0 Å². The second kappa shape index (κ2) is 30.4. The van der Waals surface area contributed by atoms with E-state index >= 15 is 0 Å². The van der Waals surface area contributed by atoms with Gasteiger partial charge in [-0.3, -0.25) is 4.79 Å². The van der Waals surface area contributed by atoms with Crippen LogP contribution >= 0.6 is 0 Å². The van der Waals surface area contributed by atoms with Crippen molar-refractivity contribution in [3.05, 3.63) is 96.6 Å². The Morgan fingerprint density at radius 2 is 1.40 bits per heavy atom. The monoisotopic (exact) mass is 723 g/mol. The van der Waals surface area contributed by atoms with Crippen LogP contribution in [0.5, 0.6) is 0 Å². The van der Waals surface area contributed by atoms with Crippen LogP contribution in [0.3, 0.4) is 0 Å². The molecule has 4 unspecified atom stereocenters. The van der Waals surface area contributed by atoms with Gasteiger partial charge in [-0.25, -0.2) is 0 Å². The van der Waals surface area contributed by atoms with E-state index < -0.39 is 0 Å². The Labute approximate surface area is 321 Å². The molecule has 0 radical (unpaired) electrons. The van der Waals surface area contributed by atoms with E-state index in [-0.39, 0.29) is 17.7 Å². The SMILES string of the molecule is C=CC=C.CC.CC(C)C(CC(C)(C)C)c1ccc(COCC2CO2)cc1.CCC(C)CC(C(=O)OCc1ccccc1)C(C)C.CCCC(C)=O.